The van der Waals surface area contributed by atoms with Gasteiger partial charge in [-0.15, -0.1) is 11.8 Å². The first-order chi connectivity index (χ1) is 20.3. The minimum atomic E-state index is -0.906. The monoisotopic (exact) mass is 572 g/mol. The fourth-order valence-electron chi connectivity index (χ4n) is 5.61. The molecule has 1 aromatic heterocycles. The number of hydrogen-bond donors (Lipinski definition) is 3. The molecule has 12 heteroatoms. The van der Waals surface area contributed by atoms with Crippen LogP contribution in [0.25, 0.3) is 6.08 Å². The van der Waals surface area contributed by atoms with Gasteiger partial charge in [0.25, 0.3) is 5.56 Å². The summed E-state index contributed by atoms with van der Waals surface area (Å²) in [5, 5.41) is 7.04. The number of amides is 1. The van der Waals surface area contributed by atoms with Crippen LogP contribution in [0.1, 0.15) is 70.1 Å². The molecule has 1 unspecified atom stereocenters. The Morgan fingerprint density at radius 2 is 2.00 bits per heavy atom. The molecule has 12 nitrogen and oxygen atoms in total. The number of fused-ring (bicyclic) bond motifs is 1. The SMILES string of the molecule is [2H]OC[C@H]1O[C@@H](n2cc(/C=C/CNC(=O)OCC[C@H]3[C@@H]4CCC#CCC[C@@H]43)c(=O)[nH]c2=O)CC1OC(=O)CCC(C)=O. The van der Waals surface area contributed by atoms with Gasteiger partial charge in [-0.1, -0.05) is 12.2 Å². The van der Waals surface area contributed by atoms with Gasteiger partial charge < -0.3 is 29.4 Å². The van der Waals surface area contributed by atoms with Crippen LogP contribution < -0.4 is 16.6 Å². The van der Waals surface area contributed by atoms with Gasteiger partial charge in [-0.25, -0.2) is 9.59 Å². The Morgan fingerprint density at radius 3 is 2.71 bits per heavy atom. The summed E-state index contributed by atoms with van der Waals surface area (Å²) in [7, 11) is 0. The molecule has 41 heavy (non-hydrogen) atoms. The highest BCUT2D eigenvalue weighted by molar-refractivity contribution is 5.81. The molecule has 6 atom stereocenters. The van der Waals surface area contributed by atoms with E-state index >= 15 is 0 Å². The number of alkyl carbamates (subject to hydrolysis) is 1. The zero-order valence-electron chi connectivity index (χ0n) is 24.1. The molecule has 0 aromatic carbocycles. The Bertz CT molecular complexity index is 1330. The van der Waals surface area contributed by atoms with Crippen LogP contribution in [-0.4, -0.2) is 65.9 Å². The average molecular weight is 573 g/mol. The summed E-state index contributed by atoms with van der Waals surface area (Å²) >= 11 is 0. The number of rotatable bonds is 13. The van der Waals surface area contributed by atoms with Gasteiger partial charge in [0.05, 0.1) is 25.2 Å². The van der Waals surface area contributed by atoms with Crippen molar-refractivity contribution in [3.05, 3.63) is 38.7 Å². The number of nitrogens with one attached hydrogen (secondary N) is 2. The minimum absolute atomic E-state index is 0.0363. The van der Waals surface area contributed by atoms with E-state index in [0.717, 1.165) is 36.7 Å². The lowest BCUT2D eigenvalue weighted by molar-refractivity contribution is -0.153. The van der Waals surface area contributed by atoms with Crippen molar-refractivity contribution in [3.63, 3.8) is 0 Å². The number of carbonyl (C=O) groups excluding carboxylic acids is 3. The third-order valence-corrected chi connectivity index (χ3v) is 7.80. The van der Waals surface area contributed by atoms with Crippen molar-refractivity contribution in [3.8, 4) is 11.8 Å². The maximum absolute atomic E-state index is 12.5. The standard InChI is InChI=1S/C29H37N3O9/c1-18(34)10-11-26(35)41-23-15-25(40-24(23)17-33)32-16-19(27(36)31-28(32)37)7-6-13-30-29(38)39-14-12-22-20-8-4-2-3-5-9-21(20)22/h6-7,16,20-25,33H,4-5,8-15,17H2,1H3,(H,30,38)(H,31,36,37)/b7-6+/t20-,21+,22+,23?,24-,25-/m1/s1/i33D. The van der Waals surface area contributed by atoms with Crippen LogP contribution in [-0.2, 0) is 23.8 Å². The summed E-state index contributed by atoms with van der Waals surface area (Å²) in [4.78, 5) is 62.5. The van der Waals surface area contributed by atoms with Crippen molar-refractivity contribution >= 4 is 23.9 Å². The van der Waals surface area contributed by atoms with E-state index in [1.165, 1.54) is 19.2 Å². The number of aliphatic hydroxyl groups excluding tert-OH is 1. The Hall–Kier alpha value is -3.69. The van der Waals surface area contributed by atoms with Crippen LogP contribution >= 0.6 is 0 Å². The van der Waals surface area contributed by atoms with Crippen LogP contribution in [0.4, 0.5) is 4.79 Å². The first-order valence-corrected chi connectivity index (χ1v) is 14.1. The molecule has 2 aliphatic carbocycles. The van der Waals surface area contributed by atoms with Crippen molar-refractivity contribution in [2.45, 2.75) is 76.7 Å². The van der Waals surface area contributed by atoms with Crippen molar-refractivity contribution in [1.82, 2.24) is 14.9 Å². The quantitative estimate of drug-likeness (QED) is 0.235. The molecule has 2 fully saturated rings. The third-order valence-electron chi connectivity index (χ3n) is 7.80. The van der Waals surface area contributed by atoms with Gasteiger partial charge in [0.2, 0.25) is 1.43 Å². The molecule has 2 heterocycles. The van der Waals surface area contributed by atoms with Crippen LogP contribution in [0.15, 0.2) is 21.9 Å². The number of Topliss-reactive ketones (excluding diaryl/α,β-unsaturated/α-hetero) is 1. The normalized spacial score (nSPS) is 27.0. The fourth-order valence-corrected chi connectivity index (χ4v) is 5.61. The first-order valence-electron chi connectivity index (χ1n) is 14.5. The maximum Gasteiger partial charge on any atom is 0.407 e. The van der Waals surface area contributed by atoms with E-state index in [2.05, 4.69) is 27.3 Å². The van der Waals surface area contributed by atoms with E-state index in [4.69, 9.17) is 15.6 Å². The maximum atomic E-state index is 12.5. The van der Waals surface area contributed by atoms with Crippen LogP contribution in [0.2, 0.25) is 0 Å². The zero-order chi connectivity index (χ0) is 30.1. The van der Waals surface area contributed by atoms with Crippen molar-refractivity contribution < 1.29 is 33.7 Å². The van der Waals surface area contributed by atoms with Crippen LogP contribution in [0.3, 0.4) is 0 Å². The number of hydrogen-bond acceptors (Lipinski definition) is 9. The number of nitrogens with zero attached hydrogens (tertiary/aromatic N) is 1. The van der Waals surface area contributed by atoms with Gasteiger partial charge in [0.15, 0.2) is 0 Å². The molecule has 4 rings (SSSR count). The number of aromatic amines is 1. The third kappa shape index (κ3) is 8.41. The molecule has 3 aliphatic rings. The number of ketones is 1. The first kappa shape index (κ1) is 28.8. The molecule has 3 N–H and O–H groups in total. The van der Waals surface area contributed by atoms with Gasteiger partial charge in [0.1, 0.15) is 24.2 Å². The predicted molar refractivity (Wildman–Crippen MR) is 146 cm³/mol. The molecule has 0 spiro atoms. The van der Waals surface area contributed by atoms with Gasteiger partial charge >= 0.3 is 17.8 Å². The average Bonchev–Trinajstić information content (AvgIpc) is 3.40. The molecular formula is C29H37N3O9. The van der Waals surface area contributed by atoms with Gasteiger partial charge in [-0.2, -0.15) is 0 Å². The van der Waals surface area contributed by atoms with E-state index in [-0.39, 0.29) is 43.8 Å². The smallest absolute Gasteiger partial charge is 0.407 e. The molecule has 222 valence electrons. The number of carbonyl (C=O) groups is 3. The summed E-state index contributed by atoms with van der Waals surface area (Å²) in [5.74, 6) is 7.60. The second-order valence-electron chi connectivity index (χ2n) is 10.6. The second-order valence-corrected chi connectivity index (χ2v) is 10.6. The number of ether oxygens (including phenoxy) is 3. The topological polar surface area (TPSA) is 166 Å². The minimum Gasteiger partial charge on any atom is -0.459 e. The van der Waals surface area contributed by atoms with Crippen LogP contribution in [0.5, 0.6) is 0 Å². The molecule has 1 amide bonds. The van der Waals surface area contributed by atoms with Gasteiger partial charge in [-0.3, -0.25) is 19.1 Å². The summed E-state index contributed by atoms with van der Waals surface area (Å²) < 4.78 is 24.8. The lowest BCUT2D eigenvalue weighted by atomic mass is 10.1. The van der Waals surface area contributed by atoms with Crippen molar-refractivity contribution in [1.29, 1.82) is 1.43 Å². The van der Waals surface area contributed by atoms with E-state index in [9.17, 15) is 24.0 Å². The highest BCUT2D eigenvalue weighted by Crippen LogP contribution is 2.54. The fraction of sp³-hybridized carbons (Fsp3) is 0.621. The Balaban J connectivity index is 1.26. The van der Waals surface area contributed by atoms with Gasteiger partial charge in [0, 0.05) is 38.4 Å². The second kappa shape index (κ2) is 14.3. The molecule has 0 bridgehead atoms. The lowest BCUT2D eigenvalue weighted by Gasteiger charge is -2.16. The molecule has 1 aliphatic heterocycles. The molecular weight excluding hydrogens is 534 g/mol. The number of esters is 1. The number of H-pyrrole nitrogens is 1. The predicted octanol–water partition coefficient (Wildman–Crippen LogP) is 1.67. The summed E-state index contributed by atoms with van der Waals surface area (Å²) in [6.45, 7) is 1.60. The van der Waals surface area contributed by atoms with Gasteiger partial charge in [-0.05, 0) is 43.9 Å². The summed E-state index contributed by atoms with van der Waals surface area (Å²) in [6, 6.07) is 0. The van der Waals surface area contributed by atoms with Crippen molar-refractivity contribution in [2.24, 2.45) is 17.8 Å². The molecule has 1 saturated heterocycles. The highest BCUT2D eigenvalue weighted by Gasteiger charge is 2.48. The van der Waals surface area contributed by atoms with E-state index < -0.39 is 41.7 Å². The Morgan fingerprint density at radius 1 is 1.24 bits per heavy atom. The summed E-state index contributed by atoms with van der Waals surface area (Å²) in [5.41, 5.74) is -1.22. The molecule has 0 radical (unpaired) electrons. The zero-order valence-corrected chi connectivity index (χ0v) is 23.1. The number of aromatic nitrogens is 2. The molecule has 1 aromatic rings. The van der Waals surface area contributed by atoms with Crippen LogP contribution in [0, 0.1) is 29.6 Å². The molecule has 1 saturated carbocycles. The number of aliphatic hydroxyl groups is 1. The highest BCUT2D eigenvalue weighted by atomic mass is 16.6. The van der Waals surface area contributed by atoms with E-state index in [0.29, 0.717) is 24.4 Å². The Labute approximate surface area is 238 Å². The largest absolute Gasteiger partial charge is 0.459 e. The lowest BCUT2D eigenvalue weighted by Crippen LogP contribution is -2.33. The summed E-state index contributed by atoms with van der Waals surface area (Å²) in [6.07, 6.45) is 6.19. The van der Waals surface area contributed by atoms with E-state index in [1.54, 1.807) is 6.08 Å². The van der Waals surface area contributed by atoms with Crippen molar-refractivity contribution in [2.75, 3.05) is 19.8 Å². The Kier molecular flexibility index (Phi) is 10.0. The van der Waals surface area contributed by atoms with E-state index in [1.807, 2.05) is 0 Å².